The SMILES string of the molecule is Cc1cc(=O)oc2cc(NC(=S)N3[C@H](C)CCC[C@H]3C)ccc12. The fraction of sp³-hybridized carbons (Fsp3) is 0.444. The maximum Gasteiger partial charge on any atom is 0.336 e. The smallest absolute Gasteiger partial charge is 0.336 e. The Hall–Kier alpha value is -1.88. The van der Waals surface area contributed by atoms with E-state index in [4.69, 9.17) is 16.6 Å². The summed E-state index contributed by atoms with van der Waals surface area (Å²) in [5.41, 5.74) is 2.03. The van der Waals surface area contributed by atoms with E-state index in [1.54, 1.807) is 0 Å². The topological polar surface area (TPSA) is 45.5 Å². The van der Waals surface area contributed by atoms with Gasteiger partial charge in [0.15, 0.2) is 5.11 Å². The van der Waals surface area contributed by atoms with Crippen molar-refractivity contribution in [3.05, 3.63) is 40.2 Å². The van der Waals surface area contributed by atoms with Crippen LogP contribution in [0.1, 0.15) is 38.7 Å². The Labute approximate surface area is 141 Å². The normalized spacial score (nSPS) is 21.4. The summed E-state index contributed by atoms with van der Waals surface area (Å²) in [5.74, 6) is 0. The van der Waals surface area contributed by atoms with Crippen LogP contribution in [0.25, 0.3) is 11.0 Å². The molecule has 0 saturated carbocycles. The molecule has 5 heteroatoms. The van der Waals surface area contributed by atoms with Crippen molar-refractivity contribution in [2.45, 2.75) is 52.1 Å². The van der Waals surface area contributed by atoms with Crippen LogP contribution in [0.2, 0.25) is 0 Å². The van der Waals surface area contributed by atoms with Crippen molar-refractivity contribution >= 4 is 34.0 Å². The van der Waals surface area contributed by atoms with E-state index in [1.807, 2.05) is 25.1 Å². The van der Waals surface area contributed by atoms with Gasteiger partial charge in [0.25, 0.3) is 0 Å². The molecular formula is C18H22N2O2S. The Morgan fingerprint density at radius 1 is 1.26 bits per heavy atom. The molecule has 2 aromatic rings. The van der Waals surface area contributed by atoms with E-state index in [2.05, 4.69) is 24.1 Å². The van der Waals surface area contributed by atoms with Gasteiger partial charge in [-0.05, 0) is 69.9 Å². The van der Waals surface area contributed by atoms with Crippen molar-refractivity contribution in [1.82, 2.24) is 4.90 Å². The van der Waals surface area contributed by atoms with Crippen molar-refractivity contribution < 1.29 is 4.42 Å². The minimum Gasteiger partial charge on any atom is -0.423 e. The zero-order valence-electron chi connectivity index (χ0n) is 13.8. The Balaban J connectivity index is 1.86. The molecule has 1 fully saturated rings. The molecule has 0 radical (unpaired) electrons. The number of likely N-dealkylation sites (tertiary alicyclic amines) is 1. The van der Waals surface area contributed by atoms with Gasteiger partial charge in [0, 0.05) is 35.3 Å². The Morgan fingerprint density at radius 3 is 2.65 bits per heavy atom. The van der Waals surface area contributed by atoms with Gasteiger partial charge in [-0.3, -0.25) is 0 Å². The number of nitrogens with one attached hydrogen (secondary N) is 1. The Morgan fingerprint density at radius 2 is 1.96 bits per heavy atom. The van der Waals surface area contributed by atoms with Crippen molar-refractivity contribution in [2.24, 2.45) is 0 Å². The standard InChI is InChI=1S/C18H22N2O2S/c1-11-9-17(21)22-16-10-14(7-8-15(11)16)19-18(23)20-12(2)5-4-6-13(20)3/h7-10,12-13H,4-6H2,1-3H3,(H,19,23)/t12-,13-/m1/s1. The van der Waals surface area contributed by atoms with Gasteiger partial charge >= 0.3 is 5.63 Å². The number of piperidine rings is 1. The number of anilines is 1. The number of hydrogen-bond donors (Lipinski definition) is 1. The van der Waals surface area contributed by atoms with Gasteiger partial charge in [-0.25, -0.2) is 4.79 Å². The number of benzene rings is 1. The molecule has 3 rings (SSSR count). The first-order chi connectivity index (χ1) is 11.0. The molecule has 0 spiro atoms. The molecule has 1 aliphatic rings. The summed E-state index contributed by atoms with van der Waals surface area (Å²) in [7, 11) is 0. The molecule has 0 unspecified atom stereocenters. The van der Waals surface area contributed by atoms with E-state index in [0.29, 0.717) is 17.7 Å². The largest absolute Gasteiger partial charge is 0.423 e. The molecule has 122 valence electrons. The summed E-state index contributed by atoms with van der Waals surface area (Å²) >= 11 is 5.61. The first-order valence-electron chi connectivity index (χ1n) is 8.09. The van der Waals surface area contributed by atoms with Crippen LogP contribution in [0.15, 0.2) is 33.5 Å². The second-order valence-electron chi connectivity index (χ2n) is 6.43. The van der Waals surface area contributed by atoms with Gasteiger partial charge in [0.2, 0.25) is 0 Å². The molecule has 4 nitrogen and oxygen atoms in total. The van der Waals surface area contributed by atoms with Crippen LogP contribution in [-0.4, -0.2) is 22.1 Å². The van der Waals surface area contributed by atoms with Crippen molar-refractivity contribution in [1.29, 1.82) is 0 Å². The second-order valence-corrected chi connectivity index (χ2v) is 6.81. The average Bonchev–Trinajstić information content (AvgIpc) is 2.46. The lowest BCUT2D eigenvalue weighted by molar-refractivity contribution is 0.194. The third-order valence-electron chi connectivity index (χ3n) is 4.63. The maximum atomic E-state index is 11.5. The van der Waals surface area contributed by atoms with E-state index in [1.165, 1.54) is 12.5 Å². The quantitative estimate of drug-likeness (QED) is 0.631. The third-order valence-corrected chi connectivity index (χ3v) is 4.94. The first-order valence-corrected chi connectivity index (χ1v) is 8.50. The van der Waals surface area contributed by atoms with Crippen LogP contribution < -0.4 is 10.9 Å². The van der Waals surface area contributed by atoms with Crippen molar-refractivity contribution in [3.63, 3.8) is 0 Å². The highest BCUT2D eigenvalue weighted by atomic mass is 32.1. The highest BCUT2D eigenvalue weighted by Crippen LogP contribution is 2.25. The van der Waals surface area contributed by atoms with Gasteiger partial charge in [0.1, 0.15) is 5.58 Å². The van der Waals surface area contributed by atoms with Crippen LogP contribution in [0, 0.1) is 6.92 Å². The van der Waals surface area contributed by atoms with Gasteiger partial charge in [-0.1, -0.05) is 0 Å². The molecule has 2 atom stereocenters. The van der Waals surface area contributed by atoms with Crippen LogP contribution in [0.5, 0.6) is 0 Å². The maximum absolute atomic E-state index is 11.5. The zero-order chi connectivity index (χ0) is 16.6. The van der Waals surface area contributed by atoms with E-state index < -0.39 is 0 Å². The van der Waals surface area contributed by atoms with Crippen molar-refractivity contribution in [3.8, 4) is 0 Å². The molecule has 1 N–H and O–H groups in total. The predicted molar refractivity (Wildman–Crippen MR) is 98.1 cm³/mol. The summed E-state index contributed by atoms with van der Waals surface area (Å²) < 4.78 is 5.30. The molecule has 1 saturated heterocycles. The monoisotopic (exact) mass is 330 g/mol. The lowest BCUT2D eigenvalue weighted by Gasteiger charge is -2.40. The van der Waals surface area contributed by atoms with Gasteiger partial charge in [-0.2, -0.15) is 0 Å². The summed E-state index contributed by atoms with van der Waals surface area (Å²) in [6.45, 7) is 6.34. The highest BCUT2D eigenvalue weighted by Gasteiger charge is 2.26. The number of thiocarbonyl (C=S) groups is 1. The lowest BCUT2D eigenvalue weighted by Crippen LogP contribution is -2.49. The van der Waals surface area contributed by atoms with Crippen LogP contribution in [0.3, 0.4) is 0 Å². The molecule has 0 bridgehead atoms. The van der Waals surface area contributed by atoms with Crippen LogP contribution in [0.4, 0.5) is 5.69 Å². The Kier molecular flexibility index (Phi) is 4.39. The number of nitrogens with zero attached hydrogens (tertiary/aromatic N) is 1. The van der Waals surface area contributed by atoms with E-state index in [-0.39, 0.29) is 5.63 Å². The van der Waals surface area contributed by atoms with Crippen molar-refractivity contribution in [2.75, 3.05) is 5.32 Å². The fourth-order valence-corrected chi connectivity index (χ4v) is 3.89. The number of aryl methyl sites for hydroxylation is 1. The average molecular weight is 330 g/mol. The minimum atomic E-state index is -0.326. The summed E-state index contributed by atoms with van der Waals surface area (Å²) in [6, 6.07) is 8.17. The molecule has 23 heavy (non-hydrogen) atoms. The molecule has 1 aromatic heterocycles. The van der Waals surface area contributed by atoms with E-state index in [9.17, 15) is 4.79 Å². The Bertz CT molecular complexity index is 789. The number of rotatable bonds is 1. The first kappa shape index (κ1) is 16.0. The number of fused-ring (bicyclic) bond motifs is 1. The molecule has 1 aromatic carbocycles. The summed E-state index contributed by atoms with van der Waals surface area (Å²) in [5, 5.41) is 4.98. The minimum absolute atomic E-state index is 0.326. The lowest BCUT2D eigenvalue weighted by atomic mass is 9.98. The molecular weight excluding hydrogens is 308 g/mol. The van der Waals surface area contributed by atoms with Gasteiger partial charge in [-0.15, -0.1) is 0 Å². The molecule has 2 heterocycles. The van der Waals surface area contributed by atoms with E-state index >= 15 is 0 Å². The highest BCUT2D eigenvalue weighted by molar-refractivity contribution is 7.80. The second kappa shape index (κ2) is 6.32. The fourth-order valence-electron chi connectivity index (χ4n) is 3.41. The molecule has 0 amide bonds. The predicted octanol–water partition coefficient (Wildman–Crippen LogP) is 4.06. The van der Waals surface area contributed by atoms with E-state index in [0.717, 1.165) is 34.6 Å². The summed E-state index contributed by atoms with van der Waals surface area (Å²) in [4.78, 5) is 13.8. The van der Waals surface area contributed by atoms with Gasteiger partial charge < -0.3 is 14.6 Å². The number of hydrogen-bond acceptors (Lipinski definition) is 3. The summed E-state index contributed by atoms with van der Waals surface area (Å²) in [6.07, 6.45) is 3.58. The van der Waals surface area contributed by atoms with Crippen LogP contribution in [-0.2, 0) is 0 Å². The molecule has 1 aliphatic heterocycles. The zero-order valence-corrected chi connectivity index (χ0v) is 14.6. The molecule has 0 aliphatic carbocycles. The van der Waals surface area contributed by atoms with Gasteiger partial charge in [0.05, 0.1) is 0 Å². The van der Waals surface area contributed by atoms with Crippen LogP contribution >= 0.6 is 12.2 Å². The third kappa shape index (κ3) is 3.24.